The van der Waals surface area contributed by atoms with Crippen molar-refractivity contribution in [3.8, 4) is 11.4 Å². The maximum absolute atomic E-state index is 12.6. The van der Waals surface area contributed by atoms with Gasteiger partial charge < -0.3 is 10.3 Å². The van der Waals surface area contributed by atoms with E-state index < -0.39 is 0 Å². The standard InChI is InChI=1S/C19H17N5OS/c1-12-13(3-2-7-20-12)4-8-22-19(25)15-5-9-21-18-16(15)23-17(24-18)14-6-10-26-11-14/h2-3,5-7,9-11H,4,8H2,1H3,(H,22,25)(H,21,23,24). The van der Waals surface area contributed by atoms with E-state index >= 15 is 0 Å². The van der Waals surface area contributed by atoms with Gasteiger partial charge in [0, 0.05) is 35.6 Å². The predicted octanol–water partition coefficient (Wildman–Crippen LogP) is 3.36. The van der Waals surface area contributed by atoms with Crippen LogP contribution in [0, 0.1) is 6.92 Å². The topological polar surface area (TPSA) is 83.6 Å². The number of aryl methyl sites for hydroxylation is 1. The van der Waals surface area contributed by atoms with Crippen molar-refractivity contribution in [2.75, 3.05) is 6.54 Å². The fourth-order valence-corrected chi connectivity index (χ4v) is 3.46. The zero-order chi connectivity index (χ0) is 17.9. The Hall–Kier alpha value is -3.06. The number of nitrogens with one attached hydrogen (secondary N) is 2. The molecule has 26 heavy (non-hydrogen) atoms. The molecule has 7 heteroatoms. The van der Waals surface area contributed by atoms with Gasteiger partial charge in [-0.15, -0.1) is 0 Å². The zero-order valence-electron chi connectivity index (χ0n) is 14.2. The van der Waals surface area contributed by atoms with Gasteiger partial charge in [-0.2, -0.15) is 11.3 Å². The molecule has 6 nitrogen and oxygen atoms in total. The van der Waals surface area contributed by atoms with Crippen molar-refractivity contribution in [2.45, 2.75) is 13.3 Å². The number of amides is 1. The summed E-state index contributed by atoms with van der Waals surface area (Å²) >= 11 is 1.60. The van der Waals surface area contributed by atoms with Crippen molar-refractivity contribution < 1.29 is 4.79 Å². The summed E-state index contributed by atoms with van der Waals surface area (Å²) in [7, 11) is 0. The fraction of sp³-hybridized carbons (Fsp3) is 0.158. The summed E-state index contributed by atoms with van der Waals surface area (Å²) in [6, 6.07) is 7.63. The average molecular weight is 363 g/mol. The van der Waals surface area contributed by atoms with Gasteiger partial charge >= 0.3 is 0 Å². The number of pyridine rings is 2. The number of fused-ring (bicyclic) bond motifs is 1. The van der Waals surface area contributed by atoms with Gasteiger partial charge in [0.25, 0.3) is 5.91 Å². The highest BCUT2D eigenvalue weighted by Gasteiger charge is 2.15. The maximum atomic E-state index is 12.6. The van der Waals surface area contributed by atoms with Crippen molar-refractivity contribution in [3.05, 3.63) is 64.2 Å². The summed E-state index contributed by atoms with van der Waals surface area (Å²) in [5, 5.41) is 6.97. The Balaban J connectivity index is 1.52. The number of aromatic amines is 1. The van der Waals surface area contributed by atoms with Crippen LogP contribution >= 0.6 is 11.3 Å². The van der Waals surface area contributed by atoms with E-state index in [4.69, 9.17) is 0 Å². The number of thiophene rings is 1. The molecule has 0 fully saturated rings. The molecule has 0 radical (unpaired) electrons. The Kier molecular flexibility index (Phi) is 4.45. The number of rotatable bonds is 5. The quantitative estimate of drug-likeness (QED) is 0.569. The van der Waals surface area contributed by atoms with E-state index in [0.717, 1.165) is 29.1 Å². The average Bonchev–Trinajstić information content (AvgIpc) is 3.32. The lowest BCUT2D eigenvalue weighted by molar-refractivity contribution is 0.0955. The summed E-state index contributed by atoms with van der Waals surface area (Å²) in [5.74, 6) is 0.583. The Morgan fingerprint density at radius 1 is 1.23 bits per heavy atom. The Morgan fingerprint density at radius 3 is 2.96 bits per heavy atom. The van der Waals surface area contributed by atoms with Gasteiger partial charge in [0.1, 0.15) is 5.82 Å². The van der Waals surface area contributed by atoms with Crippen LogP contribution in [-0.2, 0) is 6.42 Å². The molecule has 4 heterocycles. The maximum Gasteiger partial charge on any atom is 0.253 e. The molecule has 0 aliphatic carbocycles. The second kappa shape index (κ2) is 7.05. The first-order valence-electron chi connectivity index (χ1n) is 8.28. The number of carbonyl (C=O) groups excluding carboxylic acids is 1. The van der Waals surface area contributed by atoms with Gasteiger partial charge in [0.05, 0.1) is 11.1 Å². The molecule has 130 valence electrons. The highest BCUT2D eigenvalue weighted by atomic mass is 32.1. The molecule has 2 N–H and O–H groups in total. The van der Waals surface area contributed by atoms with E-state index in [9.17, 15) is 4.79 Å². The molecule has 0 aliphatic heterocycles. The normalized spacial score (nSPS) is 11.0. The number of aromatic nitrogens is 4. The molecule has 4 rings (SSSR count). The van der Waals surface area contributed by atoms with E-state index in [0.29, 0.717) is 23.3 Å². The van der Waals surface area contributed by atoms with Crippen molar-refractivity contribution in [2.24, 2.45) is 0 Å². The minimum atomic E-state index is -0.139. The molecule has 1 amide bonds. The SMILES string of the molecule is Cc1ncccc1CCNC(=O)c1ccnc2nc(-c3ccsc3)[nH]c12. The molecule has 4 aromatic heterocycles. The third-order valence-corrected chi connectivity index (χ3v) is 4.91. The lowest BCUT2D eigenvalue weighted by atomic mass is 10.1. The fourth-order valence-electron chi connectivity index (χ4n) is 2.82. The van der Waals surface area contributed by atoms with Gasteiger partial charge in [-0.25, -0.2) is 9.97 Å². The van der Waals surface area contributed by atoms with Crippen LogP contribution in [0.25, 0.3) is 22.6 Å². The Labute approximate surface area is 154 Å². The highest BCUT2D eigenvalue weighted by Crippen LogP contribution is 2.23. The number of imidazole rings is 1. The summed E-state index contributed by atoms with van der Waals surface area (Å²) in [5.41, 5.74) is 4.86. The number of hydrogen-bond acceptors (Lipinski definition) is 5. The Bertz CT molecular complexity index is 1050. The highest BCUT2D eigenvalue weighted by molar-refractivity contribution is 7.08. The molecule has 0 atom stereocenters. The van der Waals surface area contributed by atoms with Crippen molar-refractivity contribution in [1.29, 1.82) is 0 Å². The number of nitrogens with zero attached hydrogens (tertiary/aromatic N) is 3. The largest absolute Gasteiger partial charge is 0.352 e. The predicted molar refractivity (Wildman–Crippen MR) is 102 cm³/mol. The van der Waals surface area contributed by atoms with Crippen LogP contribution in [0.15, 0.2) is 47.4 Å². The minimum absolute atomic E-state index is 0.139. The van der Waals surface area contributed by atoms with Crippen molar-refractivity contribution in [1.82, 2.24) is 25.3 Å². The molecule has 0 bridgehead atoms. The van der Waals surface area contributed by atoms with Crippen LogP contribution in [0.1, 0.15) is 21.6 Å². The van der Waals surface area contributed by atoms with Gasteiger partial charge in [-0.05, 0) is 42.5 Å². The van der Waals surface area contributed by atoms with E-state index in [1.165, 1.54) is 0 Å². The summed E-state index contributed by atoms with van der Waals surface area (Å²) in [6.07, 6.45) is 4.12. The molecule has 0 spiro atoms. The van der Waals surface area contributed by atoms with E-state index in [1.54, 1.807) is 29.8 Å². The van der Waals surface area contributed by atoms with Crippen LogP contribution in [0.3, 0.4) is 0 Å². The third-order valence-electron chi connectivity index (χ3n) is 4.23. The second-order valence-electron chi connectivity index (χ2n) is 5.91. The van der Waals surface area contributed by atoms with E-state index in [2.05, 4.69) is 25.3 Å². The lowest BCUT2D eigenvalue weighted by Gasteiger charge is -2.07. The van der Waals surface area contributed by atoms with Crippen LogP contribution in [0.4, 0.5) is 0 Å². The van der Waals surface area contributed by atoms with E-state index in [1.807, 2.05) is 35.9 Å². The van der Waals surface area contributed by atoms with Crippen LogP contribution in [0.2, 0.25) is 0 Å². The molecule has 0 aromatic carbocycles. The molecule has 0 saturated heterocycles. The molecule has 0 aliphatic rings. The molecular weight excluding hydrogens is 346 g/mol. The summed E-state index contributed by atoms with van der Waals surface area (Å²) in [6.45, 7) is 2.51. The molecule has 0 saturated carbocycles. The van der Waals surface area contributed by atoms with Crippen LogP contribution < -0.4 is 5.32 Å². The lowest BCUT2D eigenvalue weighted by Crippen LogP contribution is -2.26. The van der Waals surface area contributed by atoms with Gasteiger partial charge in [0.2, 0.25) is 0 Å². The third kappa shape index (κ3) is 3.21. The molecular formula is C19H17N5OS. The van der Waals surface area contributed by atoms with Crippen LogP contribution in [0.5, 0.6) is 0 Å². The summed E-state index contributed by atoms with van der Waals surface area (Å²) in [4.78, 5) is 28.9. The number of H-pyrrole nitrogens is 1. The van der Waals surface area contributed by atoms with Crippen molar-refractivity contribution >= 4 is 28.4 Å². The van der Waals surface area contributed by atoms with Gasteiger partial charge in [0.15, 0.2) is 5.65 Å². The summed E-state index contributed by atoms with van der Waals surface area (Å²) < 4.78 is 0. The van der Waals surface area contributed by atoms with Gasteiger partial charge in [-0.3, -0.25) is 9.78 Å². The molecule has 0 unspecified atom stereocenters. The second-order valence-corrected chi connectivity index (χ2v) is 6.69. The van der Waals surface area contributed by atoms with E-state index in [-0.39, 0.29) is 5.91 Å². The van der Waals surface area contributed by atoms with Crippen molar-refractivity contribution in [3.63, 3.8) is 0 Å². The zero-order valence-corrected chi connectivity index (χ0v) is 15.0. The number of hydrogen-bond donors (Lipinski definition) is 2. The monoisotopic (exact) mass is 363 g/mol. The smallest absolute Gasteiger partial charge is 0.253 e. The first kappa shape index (κ1) is 16.4. The first-order valence-corrected chi connectivity index (χ1v) is 9.22. The minimum Gasteiger partial charge on any atom is -0.352 e. The van der Waals surface area contributed by atoms with Crippen LogP contribution in [-0.4, -0.2) is 32.4 Å². The first-order chi connectivity index (χ1) is 12.7. The van der Waals surface area contributed by atoms with Gasteiger partial charge in [-0.1, -0.05) is 6.07 Å². The Morgan fingerprint density at radius 2 is 2.15 bits per heavy atom. The number of carbonyl (C=O) groups is 1. The molecule has 4 aromatic rings.